The zero-order chi connectivity index (χ0) is 18.6. The highest BCUT2D eigenvalue weighted by molar-refractivity contribution is 5.82. The molecule has 1 atom stereocenters. The van der Waals surface area contributed by atoms with E-state index in [1.165, 1.54) is 0 Å². The van der Waals surface area contributed by atoms with Gasteiger partial charge in [-0.05, 0) is 24.1 Å². The molecule has 0 saturated carbocycles. The van der Waals surface area contributed by atoms with Crippen LogP contribution in [0.2, 0.25) is 0 Å². The number of fused-ring (bicyclic) bond motifs is 1. The van der Waals surface area contributed by atoms with E-state index in [-0.39, 0.29) is 0 Å². The molecule has 0 radical (unpaired) electrons. The predicted octanol–water partition coefficient (Wildman–Crippen LogP) is 3.84. The summed E-state index contributed by atoms with van der Waals surface area (Å²) in [7, 11) is 1.89. The maximum absolute atomic E-state index is 10.3. The van der Waals surface area contributed by atoms with E-state index in [2.05, 4.69) is 15.2 Å². The number of anilines is 1. The van der Waals surface area contributed by atoms with Crippen molar-refractivity contribution in [3.05, 3.63) is 72.4 Å². The summed E-state index contributed by atoms with van der Waals surface area (Å²) >= 11 is 0. The van der Waals surface area contributed by atoms with Gasteiger partial charge in [0.25, 0.3) is 0 Å². The van der Waals surface area contributed by atoms with Crippen molar-refractivity contribution >= 4 is 16.9 Å². The topological polar surface area (TPSA) is 75.3 Å². The molecule has 0 bridgehead atoms. The van der Waals surface area contributed by atoms with Crippen molar-refractivity contribution in [2.45, 2.75) is 12.5 Å². The average Bonchev–Trinajstić information content (AvgIpc) is 3.17. The maximum Gasteiger partial charge on any atom is 0.245 e. The van der Waals surface area contributed by atoms with E-state index in [1.807, 2.05) is 72.6 Å². The van der Waals surface area contributed by atoms with Gasteiger partial charge in [-0.2, -0.15) is 5.10 Å². The molecule has 4 aromatic rings. The Morgan fingerprint density at radius 1 is 1.07 bits per heavy atom. The molecule has 2 heterocycles. The van der Waals surface area contributed by atoms with Crippen molar-refractivity contribution in [1.29, 1.82) is 0 Å². The Morgan fingerprint density at radius 3 is 2.67 bits per heavy atom. The zero-order valence-corrected chi connectivity index (χ0v) is 15.0. The van der Waals surface area contributed by atoms with Gasteiger partial charge in [0, 0.05) is 19.0 Å². The van der Waals surface area contributed by atoms with Crippen molar-refractivity contribution in [2.24, 2.45) is 0 Å². The van der Waals surface area contributed by atoms with E-state index < -0.39 is 6.10 Å². The van der Waals surface area contributed by atoms with E-state index in [9.17, 15) is 5.11 Å². The summed E-state index contributed by atoms with van der Waals surface area (Å²) in [6, 6.07) is 19.4. The van der Waals surface area contributed by atoms with Crippen molar-refractivity contribution < 1.29 is 9.52 Å². The average molecular weight is 360 g/mol. The first kappa shape index (κ1) is 17.2. The Balaban J connectivity index is 1.48. The third-order valence-corrected chi connectivity index (χ3v) is 4.49. The van der Waals surface area contributed by atoms with Gasteiger partial charge in [0.05, 0.1) is 12.3 Å². The van der Waals surface area contributed by atoms with Crippen LogP contribution < -0.4 is 4.90 Å². The van der Waals surface area contributed by atoms with Crippen LogP contribution in [0.15, 0.2) is 71.3 Å². The lowest BCUT2D eigenvalue weighted by molar-refractivity contribution is 0.169. The molecule has 1 N–H and O–H groups in total. The molecule has 2 aromatic carbocycles. The molecule has 0 amide bonds. The number of aliphatic hydroxyl groups is 1. The summed E-state index contributed by atoms with van der Waals surface area (Å²) in [6.45, 7) is 0.599. The van der Waals surface area contributed by atoms with Crippen molar-refractivity contribution in [3.63, 3.8) is 0 Å². The van der Waals surface area contributed by atoms with Gasteiger partial charge >= 0.3 is 0 Å². The Hall–Kier alpha value is -3.25. The third kappa shape index (κ3) is 3.80. The van der Waals surface area contributed by atoms with Crippen LogP contribution in [0.25, 0.3) is 22.4 Å². The first-order chi connectivity index (χ1) is 13.2. The second-order valence-electron chi connectivity index (χ2n) is 6.43. The lowest BCUT2D eigenvalue weighted by Gasteiger charge is -2.19. The molecule has 0 aliphatic rings. The SMILES string of the molecule is CN(CCC(O)c1ccccc1)c1nncc(-c2cc3ccccc3o2)n1. The monoisotopic (exact) mass is 360 g/mol. The highest BCUT2D eigenvalue weighted by Gasteiger charge is 2.13. The van der Waals surface area contributed by atoms with Crippen molar-refractivity contribution in [3.8, 4) is 11.5 Å². The Bertz CT molecular complexity index is 999. The fourth-order valence-corrected chi connectivity index (χ4v) is 2.94. The lowest BCUT2D eigenvalue weighted by atomic mass is 10.1. The van der Waals surface area contributed by atoms with Crippen LogP contribution in [0.3, 0.4) is 0 Å². The lowest BCUT2D eigenvalue weighted by Crippen LogP contribution is -2.23. The summed E-state index contributed by atoms with van der Waals surface area (Å²) < 4.78 is 5.86. The molecule has 27 heavy (non-hydrogen) atoms. The predicted molar refractivity (Wildman–Crippen MR) is 104 cm³/mol. The summed E-state index contributed by atoms with van der Waals surface area (Å²) in [5.41, 5.74) is 2.35. The number of rotatable bonds is 6. The molecule has 6 heteroatoms. The number of para-hydroxylation sites is 1. The molecule has 6 nitrogen and oxygen atoms in total. The number of aromatic nitrogens is 3. The standard InChI is InChI=1S/C21H20N4O2/c1-25(12-11-18(26)15-7-3-2-4-8-15)21-23-17(14-22-24-21)20-13-16-9-5-6-10-19(16)27-20/h2-10,13-14,18,26H,11-12H2,1H3. The van der Waals surface area contributed by atoms with Gasteiger partial charge in [0.2, 0.25) is 5.95 Å². The van der Waals surface area contributed by atoms with E-state index in [1.54, 1.807) is 6.20 Å². The van der Waals surface area contributed by atoms with Gasteiger partial charge < -0.3 is 14.4 Å². The van der Waals surface area contributed by atoms with Crippen LogP contribution in [0.1, 0.15) is 18.1 Å². The molecular formula is C21H20N4O2. The summed E-state index contributed by atoms with van der Waals surface area (Å²) in [6.07, 6.45) is 1.63. The van der Waals surface area contributed by atoms with Crippen LogP contribution in [-0.4, -0.2) is 33.9 Å². The minimum absolute atomic E-state index is 0.494. The zero-order valence-electron chi connectivity index (χ0n) is 15.0. The smallest absolute Gasteiger partial charge is 0.245 e. The normalized spacial score (nSPS) is 12.2. The Kier molecular flexibility index (Phi) is 4.80. The highest BCUT2D eigenvalue weighted by atomic mass is 16.3. The molecule has 4 rings (SSSR count). The van der Waals surface area contributed by atoms with Gasteiger partial charge in [-0.1, -0.05) is 48.5 Å². The molecular weight excluding hydrogens is 340 g/mol. The van der Waals surface area contributed by atoms with Crippen molar-refractivity contribution in [1.82, 2.24) is 15.2 Å². The molecule has 136 valence electrons. The molecule has 0 aliphatic carbocycles. The molecule has 0 saturated heterocycles. The van der Waals surface area contributed by atoms with Crippen LogP contribution in [0.4, 0.5) is 5.95 Å². The van der Waals surface area contributed by atoms with Crippen LogP contribution in [-0.2, 0) is 0 Å². The summed E-state index contributed by atoms with van der Waals surface area (Å²) in [4.78, 5) is 6.45. The first-order valence-corrected chi connectivity index (χ1v) is 8.83. The van der Waals surface area contributed by atoms with Crippen LogP contribution >= 0.6 is 0 Å². The molecule has 0 spiro atoms. The number of hydrogen-bond donors (Lipinski definition) is 1. The fraction of sp³-hybridized carbons (Fsp3) is 0.190. The molecule has 1 unspecified atom stereocenters. The van der Waals surface area contributed by atoms with Crippen LogP contribution in [0.5, 0.6) is 0 Å². The number of benzene rings is 2. The van der Waals surface area contributed by atoms with Gasteiger partial charge in [0.1, 0.15) is 11.3 Å². The van der Waals surface area contributed by atoms with Crippen molar-refractivity contribution in [2.75, 3.05) is 18.5 Å². The number of furan rings is 1. The molecule has 2 aromatic heterocycles. The van der Waals surface area contributed by atoms with Gasteiger partial charge in [-0.3, -0.25) is 0 Å². The van der Waals surface area contributed by atoms with E-state index in [0.717, 1.165) is 16.5 Å². The second kappa shape index (κ2) is 7.55. The largest absolute Gasteiger partial charge is 0.454 e. The van der Waals surface area contributed by atoms with E-state index in [4.69, 9.17) is 4.42 Å². The van der Waals surface area contributed by atoms with Gasteiger partial charge in [0.15, 0.2) is 5.76 Å². The van der Waals surface area contributed by atoms with Gasteiger partial charge in [-0.25, -0.2) is 4.98 Å². The van der Waals surface area contributed by atoms with E-state index >= 15 is 0 Å². The third-order valence-electron chi connectivity index (χ3n) is 4.49. The van der Waals surface area contributed by atoms with Crippen LogP contribution in [0, 0.1) is 0 Å². The Labute approximate surface area is 157 Å². The molecule has 0 aliphatic heterocycles. The van der Waals surface area contributed by atoms with E-state index in [0.29, 0.717) is 30.4 Å². The fourth-order valence-electron chi connectivity index (χ4n) is 2.94. The summed E-state index contributed by atoms with van der Waals surface area (Å²) in [5.74, 6) is 1.15. The Morgan fingerprint density at radius 2 is 1.85 bits per heavy atom. The first-order valence-electron chi connectivity index (χ1n) is 8.83. The van der Waals surface area contributed by atoms with Gasteiger partial charge in [-0.15, -0.1) is 5.10 Å². The molecule has 0 fully saturated rings. The second-order valence-corrected chi connectivity index (χ2v) is 6.43. The summed E-state index contributed by atoms with van der Waals surface area (Å²) in [5, 5.41) is 19.5. The maximum atomic E-state index is 10.3. The minimum Gasteiger partial charge on any atom is -0.454 e. The number of nitrogens with zero attached hydrogens (tertiary/aromatic N) is 4. The number of hydrogen-bond acceptors (Lipinski definition) is 6. The minimum atomic E-state index is -0.528. The highest BCUT2D eigenvalue weighted by Crippen LogP contribution is 2.26. The quantitative estimate of drug-likeness (QED) is 0.563. The number of aliphatic hydroxyl groups excluding tert-OH is 1.